The molecule has 0 saturated heterocycles. The lowest BCUT2D eigenvalue weighted by molar-refractivity contribution is -0.384. The van der Waals surface area contributed by atoms with Gasteiger partial charge in [-0.2, -0.15) is 0 Å². The van der Waals surface area contributed by atoms with Gasteiger partial charge in [0.2, 0.25) is 0 Å². The third kappa shape index (κ3) is 5.65. The minimum absolute atomic E-state index is 0.0691. The van der Waals surface area contributed by atoms with E-state index in [4.69, 9.17) is 12.2 Å². The van der Waals surface area contributed by atoms with Gasteiger partial charge in [-0.05, 0) is 54.9 Å². The summed E-state index contributed by atoms with van der Waals surface area (Å²) in [5.41, 5.74) is 2.27. The number of carbonyl (C=O) groups excluding carboxylic acids is 1. The van der Waals surface area contributed by atoms with Crippen LogP contribution < -0.4 is 10.6 Å². The first-order chi connectivity index (χ1) is 12.0. The van der Waals surface area contributed by atoms with Gasteiger partial charge in [0.1, 0.15) is 0 Å². The minimum Gasteiger partial charge on any atom is -0.332 e. The van der Waals surface area contributed by atoms with Crippen LogP contribution >= 0.6 is 12.2 Å². The summed E-state index contributed by atoms with van der Waals surface area (Å²) in [7, 11) is 0. The molecule has 0 radical (unpaired) electrons. The number of hydrogen-bond donors (Lipinski definition) is 2. The Morgan fingerprint density at radius 3 is 2.32 bits per heavy atom. The first-order valence-electron chi connectivity index (χ1n) is 7.95. The van der Waals surface area contributed by atoms with Gasteiger partial charge >= 0.3 is 0 Å². The number of benzene rings is 2. The zero-order valence-electron chi connectivity index (χ0n) is 13.8. The van der Waals surface area contributed by atoms with Gasteiger partial charge in [0, 0.05) is 23.4 Å². The number of hydrogen-bond acceptors (Lipinski definition) is 4. The second-order valence-corrected chi connectivity index (χ2v) is 5.92. The molecule has 0 heterocycles. The second-order valence-electron chi connectivity index (χ2n) is 5.51. The van der Waals surface area contributed by atoms with Gasteiger partial charge in [0.05, 0.1) is 4.92 Å². The number of nitrogens with zero attached hydrogens (tertiary/aromatic N) is 1. The molecule has 0 aromatic heterocycles. The lowest BCUT2D eigenvalue weighted by Gasteiger charge is -2.10. The van der Waals surface area contributed by atoms with Gasteiger partial charge in [-0.1, -0.05) is 25.5 Å². The summed E-state index contributed by atoms with van der Waals surface area (Å²) in [6.07, 6.45) is 3.34. The summed E-state index contributed by atoms with van der Waals surface area (Å²) in [5, 5.41) is 16.3. The summed E-state index contributed by atoms with van der Waals surface area (Å²) in [6, 6.07) is 13.2. The molecule has 1 amide bonds. The van der Waals surface area contributed by atoms with Gasteiger partial charge in [-0.25, -0.2) is 0 Å². The van der Waals surface area contributed by atoms with Gasteiger partial charge in [-0.3, -0.25) is 20.2 Å². The number of nitro benzene ring substituents is 1. The highest BCUT2D eigenvalue weighted by Crippen LogP contribution is 2.13. The summed E-state index contributed by atoms with van der Waals surface area (Å²) in [5.74, 6) is -0.424. The Bertz CT molecular complexity index is 758. The van der Waals surface area contributed by atoms with Crippen molar-refractivity contribution in [1.29, 1.82) is 0 Å². The Hall–Kier alpha value is -2.80. The molecule has 0 spiro atoms. The number of thiocarbonyl (C=S) groups is 1. The highest BCUT2D eigenvalue weighted by atomic mass is 32.1. The van der Waals surface area contributed by atoms with Crippen LogP contribution in [0, 0.1) is 10.1 Å². The van der Waals surface area contributed by atoms with Crippen molar-refractivity contribution in [3.8, 4) is 0 Å². The third-order valence-electron chi connectivity index (χ3n) is 3.60. The molecule has 2 aromatic carbocycles. The van der Waals surface area contributed by atoms with Crippen LogP contribution in [0.5, 0.6) is 0 Å². The maximum atomic E-state index is 12.1. The van der Waals surface area contributed by atoms with Crippen molar-refractivity contribution in [1.82, 2.24) is 5.32 Å². The fourth-order valence-corrected chi connectivity index (χ4v) is 2.42. The predicted molar refractivity (Wildman–Crippen MR) is 102 cm³/mol. The van der Waals surface area contributed by atoms with Crippen molar-refractivity contribution >= 4 is 34.6 Å². The molecule has 130 valence electrons. The van der Waals surface area contributed by atoms with E-state index in [-0.39, 0.29) is 10.8 Å². The average molecular weight is 357 g/mol. The van der Waals surface area contributed by atoms with E-state index in [9.17, 15) is 14.9 Å². The van der Waals surface area contributed by atoms with Crippen molar-refractivity contribution in [2.75, 3.05) is 5.32 Å². The Labute approximate surface area is 151 Å². The van der Waals surface area contributed by atoms with Crippen LogP contribution in [0.15, 0.2) is 48.5 Å². The van der Waals surface area contributed by atoms with E-state index in [2.05, 4.69) is 17.6 Å². The lowest BCUT2D eigenvalue weighted by atomic mass is 10.1. The molecule has 2 N–H and O–H groups in total. The molecule has 2 aromatic rings. The molecule has 0 unspecified atom stereocenters. The first-order valence-corrected chi connectivity index (χ1v) is 8.36. The van der Waals surface area contributed by atoms with Crippen molar-refractivity contribution in [2.45, 2.75) is 26.2 Å². The summed E-state index contributed by atoms with van der Waals surface area (Å²) in [4.78, 5) is 22.2. The number of anilines is 1. The fourth-order valence-electron chi connectivity index (χ4n) is 2.21. The summed E-state index contributed by atoms with van der Waals surface area (Å²) < 4.78 is 0. The van der Waals surface area contributed by atoms with Crippen molar-refractivity contribution in [3.05, 3.63) is 69.8 Å². The fraction of sp³-hybridized carbons (Fsp3) is 0.222. The zero-order valence-corrected chi connectivity index (χ0v) is 14.6. The molecule has 0 aliphatic carbocycles. The number of nitrogens with one attached hydrogen (secondary N) is 2. The van der Waals surface area contributed by atoms with E-state index >= 15 is 0 Å². The van der Waals surface area contributed by atoms with Crippen LogP contribution in [-0.4, -0.2) is 15.9 Å². The summed E-state index contributed by atoms with van der Waals surface area (Å²) in [6.45, 7) is 2.15. The average Bonchev–Trinajstić information content (AvgIpc) is 2.61. The molecule has 0 saturated carbocycles. The van der Waals surface area contributed by atoms with E-state index in [1.807, 2.05) is 24.3 Å². The molecule has 0 bridgehead atoms. The molecule has 2 rings (SSSR count). The van der Waals surface area contributed by atoms with Gasteiger partial charge in [0.15, 0.2) is 5.11 Å². The molecule has 0 atom stereocenters. The number of carbonyl (C=O) groups is 1. The largest absolute Gasteiger partial charge is 0.332 e. The molecular weight excluding hydrogens is 338 g/mol. The molecule has 6 nitrogen and oxygen atoms in total. The number of nitro groups is 1. The minimum atomic E-state index is -0.516. The van der Waals surface area contributed by atoms with Gasteiger partial charge in [-0.15, -0.1) is 0 Å². The molecular formula is C18H19N3O3S. The van der Waals surface area contributed by atoms with Crippen LogP contribution in [0.1, 0.15) is 35.7 Å². The van der Waals surface area contributed by atoms with E-state index in [1.165, 1.54) is 29.8 Å². The number of non-ortho nitro benzene ring substituents is 1. The number of rotatable bonds is 6. The Balaban J connectivity index is 1.90. The normalized spacial score (nSPS) is 10.1. The Morgan fingerprint density at radius 1 is 1.12 bits per heavy atom. The van der Waals surface area contributed by atoms with Crippen LogP contribution in [0.2, 0.25) is 0 Å². The molecule has 25 heavy (non-hydrogen) atoms. The van der Waals surface area contributed by atoms with Crippen LogP contribution in [0.4, 0.5) is 11.4 Å². The lowest BCUT2D eigenvalue weighted by Crippen LogP contribution is -2.34. The number of aryl methyl sites for hydroxylation is 1. The second kappa shape index (κ2) is 8.89. The molecule has 7 heteroatoms. The van der Waals surface area contributed by atoms with Crippen molar-refractivity contribution < 1.29 is 9.72 Å². The SMILES string of the molecule is CCCCc1ccc(NC(=S)NC(=O)c2ccc([N+](=O)[O-])cc2)cc1. The maximum absolute atomic E-state index is 12.1. The highest BCUT2D eigenvalue weighted by molar-refractivity contribution is 7.80. The van der Waals surface area contributed by atoms with E-state index in [1.54, 1.807) is 0 Å². The zero-order chi connectivity index (χ0) is 18.2. The van der Waals surface area contributed by atoms with Crippen molar-refractivity contribution in [3.63, 3.8) is 0 Å². The molecule has 0 fully saturated rings. The van der Waals surface area contributed by atoms with Crippen LogP contribution in [0.3, 0.4) is 0 Å². The topological polar surface area (TPSA) is 84.3 Å². The first kappa shape index (κ1) is 18.5. The quantitative estimate of drug-likeness (QED) is 0.463. The smallest absolute Gasteiger partial charge is 0.269 e. The molecule has 0 aliphatic heterocycles. The number of amides is 1. The molecule has 0 aliphatic rings. The number of unbranched alkanes of at least 4 members (excludes halogenated alkanes) is 1. The Morgan fingerprint density at radius 2 is 1.76 bits per heavy atom. The van der Waals surface area contributed by atoms with E-state index < -0.39 is 10.8 Å². The monoisotopic (exact) mass is 357 g/mol. The highest BCUT2D eigenvalue weighted by Gasteiger charge is 2.10. The van der Waals surface area contributed by atoms with E-state index in [0.717, 1.165) is 24.9 Å². The predicted octanol–water partition coefficient (Wildman–Crippen LogP) is 4.06. The van der Waals surface area contributed by atoms with Crippen LogP contribution in [0.25, 0.3) is 0 Å². The Kier molecular flexibility index (Phi) is 6.59. The standard InChI is InChI=1S/C18H19N3O3S/c1-2-3-4-13-5-9-15(10-6-13)19-18(25)20-17(22)14-7-11-16(12-8-14)21(23)24/h5-12H,2-4H2,1H3,(H2,19,20,22,25). The maximum Gasteiger partial charge on any atom is 0.269 e. The third-order valence-corrected chi connectivity index (χ3v) is 3.80. The van der Waals surface area contributed by atoms with Crippen LogP contribution in [-0.2, 0) is 6.42 Å². The van der Waals surface area contributed by atoms with Crippen molar-refractivity contribution in [2.24, 2.45) is 0 Å². The van der Waals surface area contributed by atoms with E-state index in [0.29, 0.717) is 5.56 Å². The summed E-state index contributed by atoms with van der Waals surface area (Å²) >= 11 is 5.13. The van der Waals surface area contributed by atoms with Gasteiger partial charge in [0.25, 0.3) is 11.6 Å². The van der Waals surface area contributed by atoms with Gasteiger partial charge < -0.3 is 5.32 Å².